The number of carbonyl (C=O) groups is 2. The Morgan fingerprint density at radius 2 is 2.47 bits per heavy atom. The van der Waals surface area contributed by atoms with Gasteiger partial charge in [0.15, 0.2) is 0 Å². The van der Waals surface area contributed by atoms with Crippen molar-refractivity contribution in [3.63, 3.8) is 0 Å². The number of hydrogen-bond donors (Lipinski definition) is 2. The van der Waals surface area contributed by atoms with Gasteiger partial charge >= 0.3 is 12.0 Å². The van der Waals surface area contributed by atoms with Crippen molar-refractivity contribution >= 4 is 12.0 Å². The van der Waals surface area contributed by atoms with Crippen molar-refractivity contribution in [1.82, 2.24) is 15.4 Å². The third-order valence-electron chi connectivity index (χ3n) is 3.05. The number of nitrogens with zero attached hydrogens (tertiary/aromatic N) is 2. The Morgan fingerprint density at radius 1 is 1.68 bits per heavy atom. The predicted octanol–water partition coefficient (Wildman–Crippen LogP) is 0.0581. The molecule has 8 heteroatoms. The zero-order chi connectivity index (χ0) is 13.8. The molecule has 1 aliphatic rings. The summed E-state index contributed by atoms with van der Waals surface area (Å²) >= 11 is 0. The predicted molar refractivity (Wildman–Crippen MR) is 62.3 cm³/mol. The molecular weight excluding hydrogens is 254 g/mol. The van der Waals surface area contributed by atoms with Crippen LogP contribution in [0.1, 0.15) is 12.1 Å². The summed E-state index contributed by atoms with van der Waals surface area (Å²) in [4.78, 5) is 24.3. The highest BCUT2D eigenvalue weighted by molar-refractivity contribution is 5.83. The van der Waals surface area contributed by atoms with E-state index in [2.05, 4.69) is 15.0 Å². The average Bonchev–Trinajstić information content (AvgIpc) is 3.04. The molecule has 2 atom stereocenters. The van der Waals surface area contributed by atoms with E-state index in [1.54, 1.807) is 6.07 Å². The Bertz CT molecular complexity index is 447. The number of likely N-dealkylation sites (tertiary alicyclic amines) is 1. The minimum absolute atomic E-state index is 0.190. The molecule has 2 rings (SSSR count). The van der Waals surface area contributed by atoms with Crippen molar-refractivity contribution in [3.8, 4) is 0 Å². The molecule has 1 fully saturated rings. The summed E-state index contributed by atoms with van der Waals surface area (Å²) in [6.45, 7) is 0.452. The lowest BCUT2D eigenvalue weighted by molar-refractivity contribution is -0.141. The second-order valence-corrected chi connectivity index (χ2v) is 4.25. The molecular formula is C11H15N3O5. The molecule has 1 saturated heterocycles. The maximum absolute atomic E-state index is 12.0. The third-order valence-corrected chi connectivity index (χ3v) is 3.05. The van der Waals surface area contributed by atoms with Gasteiger partial charge in [0, 0.05) is 26.1 Å². The number of carboxylic acids is 1. The second-order valence-electron chi connectivity index (χ2n) is 4.25. The number of hydrogen-bond acceptors (Lipinski definition) is 5. The number of ether oxygens (including phenoxy) is 1. The minimum Gasteiger partial charge on any atom is -0.480 e. The number of methoxy groups -OCH3 is 1. The Labute approximate surface area is 109 Å². The maximum Gasteiger partial charge on any atom is 0.326 e. The SMILES string of the molecule is COC1CC(C(=O)O)N(C(=O)NCc2ccon2)C1. The quantitative estimate of drug-likeness (QED) is 0.800. The first-order valence-corrected chi connectivity index (χ1v) is 5.81. The molecule has 2 unspecified atom stereocenters. The first-order valence-electron chi connectivity index (χ1n) is 5.81. The zero-order valence-corrected chi connectivity index (χ0v) is 10.4. The van der Waals surface area contributed by atoms with E-state index in [4.69, 9.17) is 9.84 Å². The summed E-state index contributed by atoms with van der Waals surface area (Å²) in [6, 6.07) is 0.314. The largest absolute Gasteiger partial charge is 0.480 e. The molecule has 2 amide bonds. The van der Waals surface area contributed by atoms with Gasteiger partial charge in [-0.25, -0.2) is 9.59 Å². The van der Waals surface area contributed by atoms with Crippen LogP contribution < -0.4 is 5.32 Å². The number of carboxylic acid groups (broad SMARTS) is 1. The van der Waals surface area contributed by atoms with E-state index in [0.29, 0.717) is 12.1 Å². The van der Waals surface area contributed by atoms with Gasteiger partial charge in [-0.3, -0.25) is 0 Å². The Morgan fingerprint density at radius 3 is 3.05 bits per heavy atom. The summed E-state index contributed by atoms with van der Waals surface area (Å²) in [7, 11) is 1.50. The molecule has 104 valence electrons. The Hall–Kier alpha value is -2.09. The molecule has 0 aromatic carbocycles. The van der Waals surface area contributed by atoms with E-state index in [1.165, 1.54) is 18.3 Å². The van der Waals surface area contributed by atoms with E-state index in [0.717, 1.165) is 0 Å². The number of nitrogens with one attached hydrogen (secondary N) is 1. The molecule has 19 heavy (non-hydrogen) atoms. The number of aromatic nitrogens is 1. The number of amides is 2. The number of aliphatic carboxylic acids is 1. The summed E-state index contributed by atoms with van der Waals surface area (Å²) in [5.74, 6) is -1.03. The van der Waals surface area contributed by atoms with E-state index < -0.39 is 18.0 Å². The van der Waals surface area contributed by atoms with Crippen LogP contribution in [-0.4, -0.2) is 53.0 Å². The van der Waals surface area contributed by atoms with Crippen molar-refractivity contribution < 1.29 is 24.0 Å². The van der Waals surface area contributed by atoms with E-state index in [1.807, 2.05) is 0 Å². The van der Waals surface area contributed by atoms with Gasteiger partial charge in [-0.2, -0.15) is 0 Å². The first-order chi connectivity index (χ1) is 9.11. The highest BCUT2D eigenvalue weighted by Gasteiger charge is 2.39. The van der Waals surface area contributed by atoms with Crippen molar-refractivity contribution in [3.05, 3.63) is 18.0 Å². The Kier molecular flexibility index (Phi) is 4.00. The van der Waals surface area contributed by atoms with Crippen LogP contribution in [0.15, 0.2) is 16.9 Å². The molecule has 0 spiro atoms. The van der Waals surface area contributed by atoms with Crippen molar-refractivity contribution in [2.75, 3.05) is 13.7 Å². The molecule has 1 aliphatic heterocycles. The van der Waals surface area contributed by atoms with Gasteiger partial charge in [0.1, 0.15) is 18.0 Å². The third kappa shape index (κ3) is 3.02. The molecule has 2 heterocycles. The smallest absolute Gasteiger partial charge is 0.326 e. The summed E-state index contributed by atoms with van der Waals surface area (Å²) in [5, 5.41) is 15.3. The van der Waals surface area contributed by atoms with E-state index >= 15 is 0 Å². The van der Waals surface area contributed by atoms with E-state index in [9.17, 15) is 9.59 Å². The van der Waals surface area contributed by atoms with Crippen LogP contribution in [0.2, 0.25) is 0 Å². The van der Waals surface area contributed by atoms with Crippen molar-refractivity contribution in [2.45, 2.75) is 25.1 Å². The van der Waals surface area contributed by atoms with Gasteiger partial charge in [0.05, 0.1) is 12.6 Å². The number of rotatable bonds is 4. The standard InChI is InChI=1S/C11H15N3O5/c1-18-8-4-9(10(15)16)14(6-8)11(17)12-5-7-2-3-19-13-7/h2-3,8-9H,4-6H2,1H3,(H,12,17)(H,15,16). The Balaban J connectivity index is 1.94. The molecule has 2 N–H and O–H groups in total. The lowest BCUT2D eigenvalue weighted by Crippen LogP contribution is -2.46. The van der Waals surface area contributed by atoms with Crippen molar-refractivity contribution in [1.29, 1.82) is 0 Å². The molecule has 1 aromatic rings. The molecule has 0 aliphatic carbocycles. The highest BCUT2D eigenvalue weighted by Crippen LogP contribution is 2.20. The van der Waals surface area contributed by atoms with Crippen LogP contribution in [0.5, 0.6) is 0 Å². The minimum atomic E-state index is -1.03. The summed E-state index contributed by atoms with van der Waals surface area (Å²) in [5.41, 5.74) is 0.572. The van der Waals surface area contributed by atoms with Crippen LogP contribution in [0, 0.1) is 0 Å². The topological polar surface area (TPSA) is 105 Å². The average molecular weight is 269 g/mol. The molecule has 0 saturated carbocycles. The number of urea groups is 1. The lowest BCUT2D eigenvalue weighted by atomic mass is 10.2. The van der Waals surface area contributed by atoms with E-state index in [-0.39, 0.29) is 19.2 Å². The van der Waals surface area contributed by atoms with Crippen LogP contribution in [-0.2, 0) is 16.1 Å². The molecule has 0 bridgehead atoms. The van der Waals surface area contributed by atoms with Gasteiger partial charge in [-0.05, 0) is 0 Å². The highest BCUT2D eigenvalue weighted by atomic mass is 16.5. The van der Waals surface area contributed by atoms with Gasteiger partial charge in [-0.15, -0.1) is 0 Å². The maximum atomic E-state index is 12.0. The normalized spacial score (nSPS) is 22.5. The van der Waals surface area contributed by atoms with Crippen LogP contribution in [0.3, 0.4) is 0 Å². The fourth-order valence-electron chi connectivity index (χ4n) is 2.02. The van der Waals surface area contributed by atoms with Gasteiger partial charge < -0.3 is 24.6 Å². The summed E-state index contributed by atoms with van der Waals surface area (Å²) < 4.78 is 9.75. The van der Waals surface area contributed by atoms with Gasteiger partial charge in [0.2, 0.25) is 0 Å². The van der Waals surface area contributed by atoms with Gasteiger partial charge in [0.25, 0.3) is 0 Å². The van der Waals surface area contributed by atoms with Gasteiger partial charge in [-0.1, -0.05) is 5.16 Å². The molecule has 8 nitrogen and oxygen atoms in total. The second kappa shape index (κ2) is 5.70. The zero-order valence-electron chi connectivity index (χ0n) is 10.4. The fraction of sp³-hybridized carbons (Fsp3) is 0.545. The van der Waals surface area contributed by atoms with Crippen molar-refractivity contribution in [2.24, 2.45) is 0 Å². The molecule has 1 aromatic heterocycles. The lowest BCUT2D eigenvalue weighted by Gasteiger charge is -2.21. The number of carbonyl (C=O) groups excluding carboxylic acids is 1. The molecule has 0 radical (unpaired) electrons. The monoisotopic (exact) mass is 269 g/mol. The van der Waals surface area contributed by atoms with Crippen LogP contribution in [0.4, 0.5) is 4.79 Å². The summed E-state index contributed by atoms with van der Waals surface area (Å²) in [6.07, 6.45) is 1.44. The first kappa shape index (κ1) is 13.3. The van der Waals surface area contributed by atoms with Crippen LogP contribution in [0.25, 0.3) is 0 Å². The van der Waals surface area contributed by atoms with Crippen LogP contribution >= 0.6 is 0 Å². The fourth-order valence-corrected chi connectivity index (χ4v) is 2.02.